The highest BCUT2D eigenvalue weighted by Crippen LogP contribution is 2.33. The molecule has 3 aromatic carbocycles. The van der Waals surface area contributed by atoms with Crippen molar-refractivity contribution in [2.24, 2.45) is 0 Å². The van der Waals surface area contributed by atoms with Crippen molar-refractivity contribution in [2.45, 2.75) is 18.9 Å². The maximum Gasteiger partial charge on any atom is 0.145 e. The highest BCUT2D eigenvalue weighted by Gasteiger charge is 2.20. The lowest BCUT2D eigenvalue weighted by Gasteiger charge is -2.29. The van der Waals surface area contributed by atoms with Crippen molar-refractivity contribution in [2.75, 3.05) is 25.5 Å². The van der Waals surface area contributed by atoms with Crippen LogP contribution < -0.4 is 14.8 Å². The lowest BCUT2D eigenvalue weighted by atomic mass is 10.1. The van der Waals surface area contributed by atoms with Gasteiger partial charge in [-0.3, -0.25) is 0 Å². The second-order valence-corrected chi connectivity index (χ2v) is 8.06. The predicted octanol–water partition coefficient (Wildman–Crippen LogP) is 5.64. The van der Waals surface area contributed by atoms with E-state index in [-0.39, 0.29) is 6.10 Å². The molecular weight excluding hydrogens is 400 g/mol. The van der Waals surface area contributed by atoms with Crippen molar-refractivity contribution in [1.29, 1.82) is 0 Å². The van der Waals surface area contributed by atoms with Crippen molar-refractivity contribution in [3.63, 3.8) is 0 Å². The Hall–Kier alpha value is -3.64. The van der Waals surface area contributed by atoms with Gasteiger partial charge in [-0.2, -0.15) is 0 Å². The molecule has 1 N–H and O–H groups in total. The van der Waals surface area contributed by atoms with Gasteiger partial charge in [0.15, 0.2) is 0 Å². The molecule has 4 aromatic rings. The van der Waals surface area contributed by atoms with Gasteiger partial charge in [0.1, 0.15) is 35.5 Å². The molecule has 1 aliphatic heterocycles. The smallest absolute Gasteiger partial charge is 0.145 e. The summed E-state index contributed by atoms with van der Waals surface area (Å²) < 4.78 is 12.3. The number of hydrogen-bond acceptors (Lipinski definition) is 6. The first-order chi connectivity index (χ1) is 15.7. The number of nitrogens with one attached hydrogen (secondary N) is 1. The number of piperidine rings is 1. The maximum atomic E-state index is 6.41. The van der Waals surface area contributed by atoms with Gasteiger partial charge in [-0.05, 0) is 68.4 Å². The van der Waals surface area contributed by atoms with Crippen LogP contribution in [0.4, 0.5) is 11.5 Å². The number of nitrogens with zero attached hydrogens (tertiary/aromatic N) is 3. The first-order valence-corrected chi connectivity index (χ1v) is 10.9. The Labute approximate surface area is 187 Å². The summed E-state index contributed by atoms with van der Waals surface area (Å²) in [5.74, 6) is 3.14. The zero-order valence-corrected chi connectivity index (χ0v) is 18.1. The Morgan fingerprint density at radius 2 is 1.59 bits per heavy atom. The third-order valence-corrected chi connectivity index (χ3v) is 5.68. The molecule has 0 atom stereocenters. The minimum atomic E-state index is 0.208. The standard InChI is InChI=1S/C26H26N4O2/c1-30-16-14-22(15-17-30)32-24-9-5-8-23-25(24)26(28-18-27-23)29-19-10-12-21(13-11-19)31-20-6-3-2-4-7-20/h2-13,18,22H,14-17H2,1H3,(H,27,28,29). The number of para-hydroxylation sites is 1. The van der Waals surface area contributed by atoms with Gasteiger partial charge in [0, 0.05) is 18.8 Å². The number of anilines is 2. The van der Waals surface area contributed by atoms with Crippen LogP contribution in [0.5, 0.6) is 17.2 Å². The molecule has 5 rings (SSSR count). The van der Waals surface area contributed by atoms with Crippen molar-refractivity contribution < 1.29 is 9.47 Å². The summed E-state index contributed by atoms with van der Waals surface area (Å²) in [6, 6.07) is 23.6. The first-order valence-electron chi connectivity index (χ1n) is 10.9. The number of aromatic nitrogens is 2. The number of benzene rings is 3. The quantitative estimate of drug-likeness (QED) is 0.431. The molecule has 1 saturated heterocycles. The minimum absolute atomic E-state index is 0.208. The highest BCUT2D eigenvalue weighted by atomic mass is 16.5. The Balaban J connectivity index is 1.37. The van der Waals surface area contributed by atoms with E-state index in [0.717, 1.165) is 65.6 Å². The van der Waals surface area contributed by atoms with E-state index in [1.54, 1.807) is 6.33 Å². The van der Waals surface area contributed by atoms with Crippen LogP contribution in [-0.2, 0) is 0 Å². The topological polar surface area (TPSA) is 59.5 Å². The highest BCUT2D eigenvalue weighted by molar-refractivity contribution is 5.95. The van der Waals surface area contributed by atoms with Crippen LogP contribution in [0.2, 0.25) is 0 Å². The van der Waals surface area contributed by atoms with Crippen LogP contribution in [0.3, 0.4) is 0 Å². The molecule has 0 spiro atoms. The van der Waals surface area contributed by atoms with E-state index < -0.39 is 0 Å². The number of ether oxygens (including phenoxy) is 2. The number of hydrogen-bond donors (Lipinski definition) is 1. The molecule has 0 bridgehead atoms. The average Bonchev–Trinajstić information content (AvgIpc) is 2.83. The fraction of sp³-hybridized carbons (Fsp3) is 0.231. The molecule has 1 fully saturated rings. The second kappa shape index (κ2) is 9.24. The number of likely N-dealkylation sites (tertiary alicyclic amines) is 1. The Bertz CT molecular complexity index is 1170. The Morgan fingerprint density at radius 1 is 0.844 bits per heavy atom. The van der Waals surface area contributed by atoms with E-state index >= 15 is 0 Å². The van der Waals surface area contributed by atoms with Gasteiger partial charge in [0.05, 0.1) is 10.9 Å². The molecule has 0 amide bonds. The third kappa shape index (κ3) is 4.65. The summed E-state index contributed by atoms with van der Waals surface area (Å²) in [6.07, 6.45) is 3.83. The largest absolute Gasteiger partial charge is 0.489 e. The minimum Gasteiger partial charge on any atom is -0.489 e. The zero-order valence-electron chi connectivity index (χ0n) is 18.1. The van der Waals surface area contributed by atoms with E-state index in [1.165, 1.54) is 0 Å². The molecular formula is C26H26N4O2. The monoisotopic (exact) mass is 426 g/mol. The zero-order chi connectivity index (χ0) is 21.8. The van der Waals surface area contributed by atoms with Crippen molar-refractivity contribution >= 4 is 22.4 Å². The summed E-state index contributed by atoms with van der Waals surface area (Å²) in [7, 11) is 2.15. The van der Waals surface area contributed by atoms with Crippen molar-refractivity contribution in [3.05, 3.63) is 79.1 Å². The molecule has 0 radical (unpaired) electrons. The van der Waals surface area contributed by atoms with Crippen LogP contribution in [-0.4, -0.2) is 41.1 Å². The van der Waals surface area contributed by atoms with Crippen LogP contribution in [0.15, 0.2) is 79.1 Å². The summed E-state index contributed by atoms with van der Waals surface area (Å²) >= 11 is 0. The van der Waals surface area contributed by atoms with Gasteiger partial charge in [-0.1, -0.05) is 24.3 Å². The van der Waals surface area contributed by atoms with Crippen LogP contribution in [0.25, 0.3) is 10.9 Å². The van der Waals surface area contributed by atoms with Gasteiger partial charge in [0.25, 0.3) is 0 Å². The van der Waals surface area contributed by atoms with Crippen LogP contribution in [0, 0.1) is 0 Å². The third-order valence-electron chi connectivity index (χ3n) is 5.68. The van der Waals surface area contributed by atoms with Gasteiger partial charge >= 0.3 is 0 Å². The summed E-state index contributed by atoms with van der Waals surface area (Å²) in [5.41, 5.74) is 1.77. The molecule has 1 aromatic heterocycles. The summed E-state index contributed by atoms with van der Waals surface area (Å²) in [6.45, 7) is 2.10. The number of rotatable bonds is 6. The van der Waals surface area contributed by atoms with Crippen LogP contribution >= 0.6 is 0 Å². The Morgan fingerprint density at radius 3 is 2.38 bits per heavy atom. The predicted molar refractivity (Wildman–Crippen MR) is 127 cm³/mol. The lowest BCUT2D eigenvalue weighted by Crippen LogP contribution is -2.35. The SMILES string of the molecule is CN1CCC(Oc2cccc3ncnc(Nc4ccc(Oc5ccccc5)cc4)c23)CC1. The van der Waals surface area contributed by atoms with E-state index in [2.05, 4.69) is 27.2 Å². The molecule has 1 aliphatic rings. The van der Waals surface area contributed by atoms with Crippen molar-refractivity contribution in [3.8, 4) is 17.2 Å². The molecule has 0 unspecified atom stereocenters. The molecule has 32 heavy (non-hydrogen) atoms. The first kappa shape index (κ1) is 20.3. The van der Waals surface area contributed by atoms with E-state index in [9.17, 15) is 0 Å². The lowest BCUT2D eigenvalue weighted by molar-refractivity contribution is 0.116. The maximum absolute atomic E-state index is 6.41. The molecule has 0 saturated carbocycles. The van der Waals surface area contributed by atoms with E-state index in [1.807, 2.05) is 72.8 Å². The normalized spacial score (nSPS) is 14.9. The molecule has 6 nitrogen and oxygen atoms in total. The summed E-state index contributed by atoms with van der Waals surface area (Å²) in [4.78, 5) is 11.3. The second-order valence-electron chi connectivity index (χ2n) is 8.06. The number of fused-ring (bicyclic) bond motifs is 1. The molecule has 2 heterocycles. The van der Waals surface area contributed by atoms with Gasteiger partial charge in [-0.25, -0.2) is 9.97 Å². The summed E-state index contributed by atoms with van der Waals surface area (Å²) in [5, 5.41) is 4.33. The molecule has 162 valence electrons. The van der Waals surface area contributed by atoms with Gasteiger partial charge in [-0.15, -0.1) is 0 Å². The fourth-order valence-electron chi connectivity index (χ4n) is 3.92. The molecule has 0 aliphatic carbocycles. The van der Waals surface area contributed by atoms with Gasteiger partial charge in [0.2, 0.25) is 0 Å². The van der Waals surface area contributed by atoms with Gasteiger partial charge < -0.3 is 19.7 Å². The van der Waals surface area contributed by atoms with Crippen molar-refractivity contribution in [1.82, 2.24) is 14.9 Å². The van der Waals surface area contributed by atoms with E-state index in [0.29, 0.717) is 0 Å². The van der Waals surface area contributed by atoms with Crippen LogP contribution in [0.1, 0.15) is 12.8 Å². The molecule has 6 heteroatoms. The fourth-order valence-corrected chi connectivity index (χ4v) is 3.92. The Kier molecular flexibility index (Phi) is 5.85. The average molecular weight is 427 g/mol. The van der Waals surface area contributed by atoms with E-state index in [4.69, 9.17) is 9.47 Å².